The molecule has 1 saturated heterocycles. The van der Waals surface area contributed by atoms with Crippen LogP contribution in [-0.4, -0.2) is 39.9 Å². The first-order valence-electron chi connectivity index (χ1n) is 8.22. The predicted octanol–water partition coefficient (Wildman–Crippen LogP) is 2.86. The van der Waals surface area contributed by atoms with E-state index in [1.165, 1.54) is 11.1 Å². The number of benzene rings is 1. The minimum absolute atomic E-state index is 0.108. The Morgan fingerprint density at radius 2 is 2.08 bits per heavy atom. The number of aryl methyl sites for hydroxylation is 3. The van der Waals surface area contributed by atoms with Gasteiger partial charge in [0.25, 0.3) is 0 Å². The van der Waals surface area contributed by atoms with Crippen molar-refractivity contribution in [3.63, 3.8) is 0 Å². The molecule has 3 heterocycles. The second-order valence-electron chi connectivity index (χ2n) is 6.35. The van der Waals surface area contributed by atoms with Gasteiger partial charge in [0.05, 0.1) is 30.5 Å². The summed E-state index contributed by atoms with van der Waals surface area (Å²) in [4.78, 5) is 11.4. The first-order valence-corrected chi connectivity index (χ1v) is 8.22. The third-order valence-electron chi connectivity index (χ3n) is 4.69. The summed E-state index contributed by atoms with van der Waals surface area (Å²) in [6.45, 7) is 8.33. The van der Waals surface area contributed by atoms with Crippen LogP contribution in [0, 0.1) is 20.8 Å². The molecule has 0 radical (unpaired) electrons. The highest BCUT2D eigenvalue weighted by Gasteiger charge is 2.30. The molecule has 1 atom stereocenters. The third-order valence-corrected chi connectivity index (χ3v) is 4.69. The number of aromatic nitrogens is 4. The van der Waals surface area contributed by atoms with E-state index in [-0.39, 0.29) is 6.04 Å². The van der Waals surface area contributed by atoms with Crippen LogP contribution >= 0.6 is 0 Å². The lowest BCUT2D eigenvalue weighted by atomic mass is 10.0. The molecule has 1 aliphatic heterocycles. The van der Waals surface area contributed by atoms with E-state index in [1.807, 2.05) is 6.92 Å². The number of fused-ring (bicyclic) bond motifs is 1. The van der Waals surface area contributed by atoms with Crippen molar-refractivity contribution >= 4 is 16.7 Å². The summed E-state index contributed by atoms with van der Waals surface area (Å²) < 4.78 is 5.78. The molecule has 4 rings (SSSR count). The van der Waals surface area contributed by atoms with Crippen molar-refractivity contribution in [3.8, 4) is 0 Å². The fourth-order valence-corrected chi connectivity index (χ4v) is 3.53. The van der Waals surface area contributed by atoms with Crippen molar-refractivity contribution in [2.75, 3.05) is 24.7 Å². The maximum absolute atomic E-state index is 5.78. The lowest BCUT2D eigenvalue weighted by Crippen LogP contribution is -2.40. The molecule has 0 aliphatic carbocycles. The van der Waals surface area contributed by atoms with Gasteiger partial charge >= 0.3 is 0 Å². The summed E-state index contributed by atoms with van der Waals surface area (Å²) in [6.07, 6.45) is 1.65. The molecule has 0 unspecified atom stereocenters. The van der Waals surface area contributed by atoms with Gasteiger partial charge in [-0.25, -0.2) is 9.97 Å². The zero-order valence-electron chi connectivity index (χ0n) is 14.2. The Morgan fingerprint density at radius 1 is 1.21 bits per heavy atom. The molecule has 6 heteroatoms. The lowest BCUT2D eigenvalue weighted by molar-refractivity contribution is 0.0935. The van der Waals surface area contributed by atoms with Crippen molar-refractivity contribution < 1.29 is 4.74 Å². The number of hydrogen-bond donors (Lipinski definition) is 1. The largest absolute Gasteiger partial charge is 0.377 e. The van der Waals surface area contributed by atoms with Crippen LogP contribution in [0.1, 0.15) is 28.6 Å². The fraction of sp³-hybridized carbons (Fsp3) is 0.389. The first-order chi connectivity index (χ1) is 11.6. The molecule has 0 amide bonds. The van der Waals surface area contributed by atoms with Gasteiger partial charge in [0, 0.05) is 23.2 Å². The van der Waals surface area contributed by atoms with Gasteiger partial charge in [0.2, 0.25) is 0 Å². The molecule has 1 N–H and O–H groups in total. The number of morpholine rings is 1. The number of anilines is 1. The molecule has 124 valence electrons. The Kier molecular flexibility index (Phi) is 3.69. The molecule has 6 nitrogen and oxygen atoms in total. The number of nitrogens with one attached hydrogen (secondary N) is 1. The van der Waals surface area contributed by atoms with E-state index in [9.17, 15) is 0 Å². The molecule has 0 spiro atoms. The van der Waals surface area contributed by atoms with Gasteiger partial charge < -0.3 is 9.64 Å². The minimum atomic E-state index is 0.108. The summed E-state index contributed by atoms with van der Waals surface area (Å²) in [7, 11) is 0. The van der Waals surface area contributed by atoms with Gasteiger partial charge in [-0.2, -0.15) is 5.10 Å². The van der Waals surface area contributed by atoms with Crippen LogP contribution in [0.5, 0.6) is 0 Å². The first kappa shape index (κ1) is 15.1. The van der Waals surface area contributed by atoms with Crippen LogP contribution in [0.15, 0.2) is 24.5 Å². The number of hydrogen-bond acceptors (Lipinski definition) is 5. The molecule has 0 bridgehead atoms. The zero-order chi connectivity index (χ0) is 16.7. The van der Waals surface area contributed by atoms with Crippen LogP contribution in [0.4, 0.5) is 5.82 Å². The normalized spacial score (nSPS) is 18.3. The molecule has 1 fully saturated rings. The fourth-order valence-electron chi connectivity index (χ4n) is 3.53. The van der Waals surface area contributed by atoms with E-state index in [0.29, 0.717) is 13.2 Å². The third kappa shape index (κ3) is 2.43. The van der Waals surface area contributed by atoms with Crippen molar-refractivity contribution in [1.29, 1.82) is 0 Å². The average Bonchev–Trinajstić information content (AvgIpc) is 2.93. The molecule has 1 aromatic carbocycles. The van der Waals surface area contributed by atoms with Crippen LogP contribution < -0.4 is 4.90 Å². The predicted molar refractivity (Wildman–Crippen MR) is 93.2 cm³/mol. The molecule has 0 saturated carbocycles. The lowest BCUT2D eigenvalue weighted by Gasteiger charge is -2.37. The van der Waals surface area contributed by atoms with Crippen molar-refractivity contribution in [2.24, 2.45) is 0 Å². The monoisotopic (exact) mass is 323 g/mol. The Morgan fingerprint density at radius 3 is 2.88 bits per heavy atom. The summed E-state index contributed by atoms with van der Waals surface area (Å²) >= 11 is 0. The second-order valence-corrected chi connectivity index (χ2v) is 6.35. The quantitative estimate of drug-likeness (QED) is 0.785. The highest BCUT2D eigenvalue weighted by molar-refractivity contribution is 5.90. The van der Waals surface area contributed by atoms with Gasteiger partial charge in [0.1, 0.15) is 12.1 Å². The van der Waals surface area contributed by atoms with E-state index >= 15 is 0 Å². The maximum Gasteiger partial charge on any atom is 0.140 e. The van der Waals surface area contributed by atoms with Crippen molar-refractivity contribution in [1.82, 2.24) is 20.2 Å². The Hall–Kier alpha value is -2.47. The van der Waals surface area contributed by atoms with Crippen molar-refractivity contribution in [2.45, 2.75) is 26.8 Å². The van der Waals surface area contributed by atoms with E-state index in [0.717, 1.165) is 34.7 Å². The Balaban J connectivity index is 1.86. The van der Waals surface area contributed by atoms with Gasteiger partial charge in [-0.3, -0.25) is 5.10 Å². The number of nitrogens with zero attached hydrogens (tertiary/aromatic N) is 4. The zero-order valence-corrected chi connectivity index (χ0v) is 14.2. The number of ether oxygens (including phenoxy) is 1. The molecular weight excluding hydrogens is 302 g/mol. The number of rotatable bonds is 2. The highest BCUT2D eigenvalue weighted by Crippen LogP contribution is 2.34. The Labute approximate surface area is 140 Å². The van der Waals surface area contributed by atoms with Gasteiger partial charge in [0.15, 0.2) is 0 Å². The van der Waals surface area contributed by atoms with Crippen LogP contribution in [-0.2, 0) is 4.74 Å². The van der Waals surface area contributed by atoms with E-state index in [1.54, 1.807) is 6.33 Å². The summed E-state index contributed by atoms with van der Waals surface area (Å²) in [6, 6.07) is 6.41. The average molecular weight is 323 g/mol. The van der Waals surface area contributed by atoms with E-state index in [4.69, 9.17) is 4.74 Å². The molecule has 3 aromatic rings. The Bertz CT molecular complexity index is 869. The summed E-state index contributed by atoms with van der Waals surface area (Å²) in [5.41, 5.74) is 5.48. The molecule has 24 heavy (non-hydrogen) atoms. The van der Waals surface area contributed by atoms with Crippen LogP contribution in [0.3, 0.4) is 0 Å². The highest BCUT2D eigenvalue weighted by atomic mass is 16.5. The summed E-state index contributed by atoms with van der Waals surface area (Å²) in [5, 5.41) is 8.53. The van der Waals surface area contributed by atoms with Gasteiger partial charge in [-0.1, -0.05) is 11.6 Å². The van der Waals surface area contributed by atoms with Gasteiger partial charge in [-0.15, -0.1) is 0 Å². The van der Waals surface area contributed by atoms with E-state index < -0.39 is 0 Å². The smallest absolute Gasteiger partial charge is 0.140 e. The molecule has 1 aliphatic rings. The maximum atomic E-state index is 5.78. The van der Waals surface area contributed by atoms with Gasteiger partial charge in [-0.05, 0) is 32.9 Å². The second kappa shape index (κ2) is 5.87. The summed E-state index contributed by atoms with van der Waals surface area (Å²) in [5.74, 6) is 0.969. The van der Waals surface area contributed by atoms with Crippen LogP contribution in [0.2, 0.25) is 0 Å². The number of aromatic amines is 1. The molecular formula is C18H21N5O. The number of H-pyrrole nitrogens is 1. The standard InChI is InChI=1S/C18H21N5O/c1-11-4-5-15-14(8-11)18(20-10-19-15)23-6-7-24-9-16(23)17-12(2)21-22-13(17)3/h4-5,8,10,16H,6-7,9H2,1-3H3,(H,21,22)/t16-/m1/s1. The molecule has 2 aromatic heterocycles. The minimum Gasteiger partial charge on any atom is -0.377 e. The van der Waals surface area contributed by atoms with E-state index in [2.05, 4.69) is 57.1 Å². The topological polar surface area (TPSA) is 66.9 Å². The van der Waals surface area contributed by atoms with Crippen LogP contribution in [0.25, 0.3) is 10.9 Å². The SMILES string of the molecule is Cc1ccc2ncnc(N3CCOC[C@@H]3c3c(C)n[nH]c3C)c2c1. The van der Waals surface area contributed by atoms with Crippen molar-refractivity contribution in [3.05, 3.63) is 47.0 Å².